The zero-order valence-electron chi connectivity index (χ0n) is 17.3. The molecule has 9 heteroatoms. The molecule has 7 nitrogen and oxygen atoms in total. The predicted molar refractivity (Wildman–Crippen MR) is 118 cm³/mol. The number of phenols is 1. The summed E-state index contributed by atoms with van der Waals surface area (Å²) in [7, 11) is 0. The third-order valence-electron chi connectivity index (χ3n) is 5.52. The molecule has 1 saturated heterocycles. The van der Waals surface area contributed by atoms with Crippen molar-refractivity contribution in [2.24, 2.45) is 0 Å². The van der Waals surface area contributed by atoms with Gasteiger partial charge in [-0.25, -0.2) is 9.07 Å². The van der Waals surface area contributed by atoms with Gasteiger partial charge in [-0.05, 0) is 48.4 Å². The molecule has 1 N–H and O–H groups in total. The highest BCUT2D eigenvalue weighted by molar-refractivity contribution is 6.30. The van der Waals surface area contributed by atoms with Crippen LogP contribution >= 0.6 is 11.6 Å². The summed E-state index contributed by atoms with van der Waals surface area (Å²) in [6.07, 6.45) is 4.79. The molecule has 2 aromatic heterocycles. The summed E-state index contributed by atoms with van der Waals surface area (Å²) in [5.74, 6) is -0.460. The molecule has 3 heterocycles. The number of halogens is 2. The Kier molecular flexibility index (Phi) is 5.62. The van der Waals surface area contributed by atoms with Gasteiger partial charge in [-0.3, -0.25) is 4.79 Å². The Labute approximate surface area is 193 Å². The number of hydrogen-bond donors (Lipinski definition) is 1. The molecule has 5 rings (SSSR count). The van der Waals surface area contributed by atoms with Crippen molar-refractivity contribution in [1.82, 2.24) is 14.7 Å². The van der Waals surface area contributed by atoms with Crippen LogP contribution in [-0.2, 0) is 16.0 Å². The van der Waals surface area contributed by atoms with Crippen molar-refractivity contribution < 1.29 is 23.4 Å². The Morgan fingerprint density at radius 3 is 2.73 bits per heavy atom. The van der Waals surface area contributed by atoms with E-state index < -0.39 is 12.0 Å². The molecule has 1 amide bonds. The minimum atomic E-state index is -0.649. The summed E-state index contributed by atoms with van der Waals surface area (Å²) in [6, 6.07) is 13.0. The average molecular weight is 468 g/mol. The van der Waals surface area contributed by atoms with Crippen LogP contribution in [-0.4, -0.2) is 38.8 Å². The van der Waals surface area contributed by atoms with Crippen LogP contribution < -0.4 is 0 Å². The lowest BCUT2D eigenvalue weighted by Crippen LogP contribution is -2.30. The Morgan fingerprint density at radius 2 is 2.00 bits per heavy atom. The first-order chi connectivity index (χ1) is 16.0. The number of furan rings is 1. The van der Waals surface area contributed by atoms with E-state index in [1.165, 1.54) is 18.4 Å². The van der Waals surface area contributed by atoms with Crippen LogP contribution in [0, 0.1) is 5.82 Å². The van der Waals surface area contributed by atoms with Gasteiger partial charge in [0.25, 0.3) is 5.91 Å². The quantitative estimate of drug-likeness (QED) is 0.443. The van der Waals surface area contributed by atoms with E-state index in [2.05, 4.69) is 5.10 Å². The van der Waals surface area contributed by atoms with E-state index in [9.17, 15) is 14.3 Å². The van der Waals surface area contributed by atoms with Crippen molar-refractivity contribution in [2.45, 2.75) is 12.6 Å². The van der Waals surface area contributed by atoms with Crippen LogP contribution in [0.25, 0.3) is 16.9 Å². The van der Waals surface area contributed by atoms with Crippen molar-refractivity contribution >= 4 is 17.5 Å². The maximum absolute atomic E-state index is 13.7. The third kappa shape index (κ3) is 4.22. The highest BCUT2D eigenvalue weighted by atomic mass is 35.5. The number of nitrogens with zero attached hydrogens (tertiary/aromatic N) is 3. The van der Waals surface area contributed by atoms with Crippen LogP contribution in [0.1, 0.15) is 17.4 Å². The number of carbonyl (C=O) groups is 1. The number of amides is 1. The van der Waals surface area contributed by atoms with Crippen LogP contribution in [0.5, 0.6) is 5.75 Å². The van der Waals surface area contributed by atoms with Gasteiger partial charge in [-0.2, -0.15) is 5.10 Å². The molecule has 1 fully saturated rings. The number of aromatic nitrogens is 2. The summed E-state index contributed by atoms with van der Waals surface area (Å²) in [4.78, 5) is 14.3. The Balaban J connectivity index is 1.49. The minimum absolute atomic E-state index is 0.0165. The number of hydrogen-bond acceptors (Lipinski definition) is 5. The van der Waals surface area contributed by atoms with Gasteiger partial charge in [0, 0.05) is 23.9 Å². The van der Waals surface area contributed by atoms with Gasteiger partial charge < -0.3 is 19.2 Å². The third-order valence-corrected chi connectivity index (χ3v) is 5.81. The Hall–Kier alpha value is -3.62. The number of aromatic hydroxyl groups is 1. The zero-order valence-corrected chi connectivity index (χ0v) is 18.1. The molecule has 0 radical (unpaired) electrons. The fourth-order valence-electron chi connectivity index (χ4n) is 3.82. The average Bonchev–Trinajstić information content (AvgIpc) is 3.55. The molecule has 168 valence electrons. The summed E-state index contributed by atoms with van der Waals surface area (Å²) in [6.45, 7) is 0.380. The second-order valence-corrected chi connectivity index (χ2v) is 8.06. The van der Waals surface area contributed by atoms with Crippen molar-refractivity contribution in [3.8, 4) is 22.7 Å². The van der Waals surface area contributed by atoms with Crippen LogP contribution in [0.15, 0.2) is 71.7 Å². The molecule has 0 bridgehead atoms. The molecule has 1 atom stereocenters. The van der Waals surface area contributed by atoms with Crippen LogP contribution in [0.2, 0.25) is 5.02 Å². The Morgan fingerprint density at radius 1 is 1.18 bits per heavy atom. The van der Waals surface area contributed by atoms with Gasteiger partial charge in [0.15, 0.2) is 6.23 Å². The number of benzene rings is 2. The normalized spacial score (nSPS) is 16.0. The molecule has 0 aliphatic carbocycles. The summed E-state index contributed by atoms with van der Waals surface area (Å²) in [5, 5.41) is 14.1. The molecule has 4 aromatic rings. The van der Waals surface area contributed by atoms with Crippen molar-refractivity contribution in [1.29, 1.82) is 0 Å². The van der Waals surface area contributed by atoms with E-state index in [1.54, 1.807) is 46.3 Å². The van der Waals surface area contributed by atoms with E-state index in [0.717, 1.165) is 11.1 Å². The molecule has 1 aliphatic heterocycles. The van der Waals surface area contributed by atoms with E-state index in [-0.39, 0.29) is 23.3 Å². The molecular formula is C24H19ClFN3O4. The molecule has 0 saturated carbocycles. The van der Waals surface area contributed by atoms with E-state index in [0.29, 0.717) is 29.9 Å². The second-order valence-electron chi connectivity index (χ2n) is 7.65. The van der Waals surface area contributed by atoms with Crippen LogP contribution in [0.3, 0.4) is 0 Å². The maximum atomic E-state index is 13.7. The number of phenolic OH excluding ortho intramolecular Hbond substituents is 1. The fraction of sp³-hybridized carbons (Fsp3) is 0.167. The smallest absolute Gasteiger partial charge is 0.250 e. The lowest BCUT2D eigenvalue weighted by Gasteiger charge is -2.23. The van der Waals surface area contributed by atoms with Gasteiger partial charge in [0.2, 0.25) is 0 Å². The highest BCUT2D eigenvalue weighted by Crippen LogP contribution is 2.35. The molecule has 33 heavy (non-hydrogen) atoms. The number of carbonyl (C=O) groups excluding carboxylic acids is 1. The number of rotatable bonds is 6. The van der Waals surface area contributed by atoms with Crippen molar-refractivity contribution in [3.63, 3.8) is 0 Å². The van der Waals surface area contributed by atoms with Gasteiger partial charge in [0.1, 0.15) is 23.9 Å². The molecule has 1 aliphatic rings. The molecule has 1 unspecified atom stereocenters. The summed E-state index contributed by atoms with van der Waals surface area (Å²) in [5.41, 5.74) is 3.53. The van der Waals surface area contributed by atoms with E-state index in [4.69, 9.17) is 20.8 Å². The van der Waals surface area contributed by atoms with E-state index >= 15 is 0 Å². The topological polar surface area (TPSA) is 80.7 Å². The van der Waals surface area contributed by atoms with Gasteiger partial charge in [0.05, 0.1) is 23.2 Å². The van der Waals surface area contributed by atoms with E-state index in [1.807, 2.05) is 12.1 Å². The monoisotopic (exact) mass is 467 g/mol. The fourth-order valence-corrected chi connectivity index (χ4v) is 3.99. The largest absolute Gasteiger partial charge is 0.508 e. The van der Waals surface area contributed by atoms with Crippen molar-refractivity contribution in [3.05, 3.63) is 89.2 Å². The second kappa shape index (κ2) is 8.73. The molecule has 2 aromatic carbocycles. The van der Waals surface area contributed by atoms with Gasteiger partial charge >= 0.3 is 0 Å². The summed E-state index contributed by atoms with van der Waals surface area (Å²) >= 11 is 5.96. The first-order valence-electron chi connectivity index (χ1n) is 10.3. The first kappa shape index (κ1) is 21.2. The molecular weight excluding hydrogens is 449 g/mol. The van der Waals surface area contributed by atoms with Gasteiger partial charge in [-0.15, -0.1) is 0 Å². The van der Waals surface area contributed by atoms with Crippen molar-refractivity contribution in [2.75, 3.05) is 13.2 Å². The highest BCUT2D eigenvalue weighted by Gasteiger charge is 2.36. The van der Waals surface area contributed by atoms with Crippen LogP contribution in [0.4, 0.5) is 4.39 Å². The maximum Gasteiger partial charge on any atom is 0.250 e. The number of ether oxygens (including phenoxy) is 1. The minimum Gasteiger partial charge on any atom is -0.508 e. The standard InChI is InChI=1S/C24H19ClFN3O4/c25-20-11-17(3-6-21(20)26)29-12-19(23(27-29)16-8-10-32-13-16)24-28(22(31)14-33-24)9-7-15-1-4-18(30)5-2-15/h1-6,8,10-13,24,30H,7,9,14H2. The Bertz CT molecular complexity index is 1290. The van der Waals surface area contributed by atoms with Gasteiger partial charge in [-0.1, -0.05) is 23.7 Å². The lowest BCUT2D eigenvalue weighted by molar-refractivity contribution is -0.128. The zero-order chi connectivity index (χ0) is 22.9. The lowest BCUT2D eigenvalue weighted by atomic mass is 10.1. The molecule has 0 spiro atoms. The SMILES string of the molecule is O=C1COC(c2cn(-c3ccc(F)c(Cl)c3)nc2-c2ccoc2)N1CCc1ccc(O)cc1. The summed E-state index contributed by atoms with van der Waals surface area (Å²) < 4.78 is 26.3. The first-order valence-corrected chi connectivity index (χ1v) is 10.6. The predicted octanol–water partition coefficient (Wildman–Crippen LogP) is 4.73.